The second-order valence-corrected chi connectivity index (χ2v) is 5.37. The summed E-state index contributed by atoms with van der Waals surface area (Å²) in [5.74, 6) is -0.189. The number of carbonyl (C=O) groups excluding carboxylic acids is 1. The lowest BCUT2D eigenvalue weighted by atomic mass is 10.1. The van der Waals surface area contributed by atoms with Crippen LogP contribution in [0.1, 0.15) is 21.5 Å². The number of hydrogen-bond acceptors (Lipinski definition) is 1. The Hall–Kier alpha value is -1.39. The standard InChI is InChI=1S/C15H12BrClFNO/c16-14-5-4-13(18)7-12(14)9-19-15(20)11-3-1-2-10(6-11)8-17/h1-7H,8-9H2,(H,19,20). The van der Waals surface area contributed by atoms with Gasteiger partial charge in [-0.2, -0.15) is 0 Å². The average molecular weight is 357 g/mol. The van der Waals surface area contributed by atoms with Crippen LogP contribution in [0, 0.1) is 5.82 Å². The Morgan fingerprint density at radius 1 is 1.25 bits per heavy atom. The summed E-state index contributed by atoms with van der Waals surface area (Å²) < 4.78 is 13.9. The molecule has 0 saturated heterocycles. The second-order valence-electron chi connectivity index (χ2n) is 4.25. The second kappa shape index (κ2) is 6.86. The highest BCUT2D eigenvalue weighted by atomic mass is 79.9. The van der Waals surface area contributed by atoms with Crippen LogP contribution in [0.4, 0.5) is 4.39 Å². The molecule has 20 heavy (non-hydrogen) atoms. The van der Waals surface area contributed by atoms with Gasteiger partial charge in [-0.1, -0.05) is 28.1 Å². The van der Waals surface area contributed by atoms with Crippen molar-refractivity contribution in [1.82, 2.24) is 5.32 Å². The van der Waals surface area contributed by atoms with Crippen LogP contribution in [0.15, 0.2) is 46.9 Å². The molecule has 0 aliphatic heterocycles. The van der Waals surface area contributed by atoms with Crippen LogP contribution in [-0.4, -0.2) is 5.91 Å². The highest BCUT2D eigenvalue weighted by Crippen LogP contribution is 2.17. The van der Waals surface area contributed by atoms with E-state index in [0.29, 0.717) is 17.0 Å². The van der Waals surface area contributed by atoms with E-state index in [1.54, 1.807) is 24.3 Å². The summed E-state index contributed by atoms with van der Waals surface area (Å²) in [6.45, 7) is 0.252. The van der Waals surface area contributed by atoms with E-state index in [0.717, 1.165) is 10.0 Å². The predicted octanol–water partition coefficient (Wildman–Crippen LogP) is 4.26. The van der Waals surface area contributed by atoms with E-state index in [-0.39, 0.29) is 18.3 Å². The summed E-state index contributed by atoms with van der Waals surface area (Å²) in [5.41, 5.74) is 2.11. The molecular weight excluding hydrogens is 345 g/mol. The summed E-state index contributed by atoms with van der Waals surface area (Å²) >= 11 is 9.06. The van der Waals surface area contributed by atoms with Crippen molar-refractivity contribution in [2.45, 2.75) is 12.4 Å². The zero-order valence-corrected chi connectivity index (χ0v) is 12.8. The quantitative estimate of drug-likeness (QED) is 0.815. The Morgan fingerprint density at radius 3 is 2.80 bits per heavy atom. The van der Waals surface area contributed by atoms with E-state index in [2.05, 4.69) is 21.2 Å². The van der Waals surface area contributed by atoms with Crippen LogP contribution < -0.4 is 5.32 Å². The van der Waals surface area contributed by atoms with E-state index in [4.69, 9.17) is 11.6 Å². The van der Waals surface area contributed by atoms with Gasteiger partial charge in [-0.05, 0) is 41.5 Å². The maximum Gasteiger partial charge on any atom is 0.251 e. The minimum Gasteiger partial charge on any atom is -0.348 e. The van der Waals surface area contributed by atoms with Crippen molar-refractivity contribution in [3.8, 4) is 0 Å². The molecule has 0 atom stereocenters. The molecule has 0 fully saturated rings. The van der Waals surface area contributed by atoms with Crippen molar-refractivity contribution in [2.24, 2.45) is 0 Å². The van der Waals surface area contributed by atoms with Crippen LogP contribution in [0.3, 0.4) is 0 Å². The number of carbonyl (C=O) groups is 1. The molecule has 2 aromatic carbocycles. The molecule has 0 spiro atoms. The first-order chi connectivity index (χ1) is 9.60. The Morgan fingerprint density at radius 2 is 2.05 bits per heavy atom. The molecule has 1 N–H and O–H groups in total. The summed E-state index contributed by atoms with van der Waals surface area (Å²) in [7, 11) is 0. The van der Waals surface area contributed by atoms with Gasteiger partial charge in [0.25, 0.3) is 5.91 Å². The molecule has 2 rings (SSSR count). The molecule has 0 bridgehead atoms. The number of rotatable bonds is 4. The Kier molecular flexibility index (Phi) is 5.15. The van der Waals surface area contributed by atoms with Gasteiger partial charge >= 0.3 is 0 Å². The first-order valence-electron chi connectivity index (χ1n) is 5.97. The minimum atomic E-state index is -0.332. The third-order valence-corrected chi connectivity index (χ3v) is 3.87. The fourth-order valence-electron chi connectivity index (χ4n) is 1.75. The van der Waals surface area contributed by atoms with E-state index >= 15 is 0 Å². The fraction of sp³-hybridized carbons (Fsp3) is 0.133. The van der Waals surface area contributed by atoms with Gasteiger partial charge in [0.05, 0.1) is 0 Å². The van der Waals surface area contributed by atoms with Crippen LogP contribution in [0.5, 0.6) is 0 Å². The molecule has 0 aromatic heterocycles. The largest absolute Gasteiger partial charge is 0.348 e. The van der Waals surface area contributed by atoms with Crippen molar-refractivity contribution < 1.29 is 9.18 Å². The highest BCUT2D eigenvalue weighted by Gasteiger charge is 2.08. The van der Waals surface area contributed by atoms with Crippen molar-refractivity contribution in [3.63, 3.8) is 0 Å². The molecule has 1 amide bonds. The molecule has 2 nitrogen and oxygen atoms in total. The smallest absolute Gasteiger partial charge is 0.251 e. The summed E-state index contributed by atoms with van der Waals surface area (Å²) in [6.07, 6.45) is 0. The third-order valence-electron chi connectivity index (χ3n) is 2.79. The van der Waals surface area contributed by atoms with Gasteiger partial charge < -0.3 is 5.32 Å². The molecule has 0 aliphatic rings. The molecule has 0 radical (unpaired) electrons. The van der Waals surface area contributed by atoms with Crippen LogP contribution in [0.2, 0.25) is 0 Å². The van der Waals surface area contributed by atoms with Gasteiger partial charge in [0.2, 0.25) is 0 Å². The molecular formula is C15H12BrClFNO. The Bertz CT molecular complexity index is 633. The molecule has 0 aliphatic carbocycles. The number of hydrogen-bond donors (Lipinski definition) is 1. The van der Waals surface area contributed by atoms with E-state index in [1.165, 1.54) is 12.1 Å². The molecule has 5 heteroatoms. The first-order valence-corrected chi connectivity index (χ1v) is 7.30. The van der Waals surface area contributed by atoms with Gasteiger partial charge in [-0.3, -0.25) is 4.79 Å². The monoisotopic (exact) mass is 355 g/mol. The average Bonchev–Trinajstić information content (AvgIpc) is 2.48. The molecule has 0 unspecified atom stereocenters. The van der Waals surface area contributed by atoms with Crippen molar-refractivity contribution >= 4 is 33.4 Å². The van der Waals surface area contributed by atoms with Crippen molar-refractivity contribution in [3.05, 3.63) is 69.4 Å². The predicted molar refractivity (Wildman–Crippen MR) is 81.3 cm³/mol. The van der Waals surface area contributed by atoms with Gasteiger partial charge in [0.1, 0.15) is 5.82 Å². The van der Waals surface area contributed by atoms with Gasteiger partial charge in [-0.15, -0.1) is 11.6 Å². The lowest BCUT2D eigenvalue weighted by Crippen LogP contribution is -2.23. The number of amides is 1. The maximum absolute atomic E-state index is 13.1. The number of benzene rings is 2. The SMILES string of the molecule is O=C(NCc1cc(F)ccc1Br)c1cccc(CCl)c1. The van der Waals surface area contributed by atoms with Crippen LogP contribution in [0.25, 0.3) is 0 Å². The molecule has 0 saturated carbocycles. The summed E-state index contributed by atoms with van der Waals surface area (Å²) in [6, 6.07) is 11.5. The van der Waals surface area contributed by atoms with Gasteiger partial charge in [0, 0.05) is 22.5 Å². The first kappa shape index (κ1) is 15.0. The summed E-state index contributed by atoms with van der Waals surface area (Å²) in [4.78, 5) is 12.0. The number of alkyl halides is 1. The highest BCUT2D eigenvalue weighted by molar-refractivity contribution is 9.10. The lowest BCUT2D eigenvalue weighted by molar-refractivity contribution is 0.0950. The van der Waals surface area contributed by atoms with Gasteiger partial charge in [0.15, 0.2) is 0 Å². The van der Waals surface area contributed by atoms with E-state index in [9.17, 15) is 9.18 Å². The molecule has 0 heterocycles. The minimum absolute atomic E-state index is 0.215. The third kappa shape index (κ3) is 3.81. The number of nitrogens with one attached hydrogen (secondary N) is 1. The zero-order valence-electron chi connectivity index (χ0n) is 10.5. The topological polar surface area (TPSA) is 29.1 Å². The zero-order chi connectivity index (χ0) is 14.5. The fourth-order valence-corrected chi connectivity index (χ4v) is 2.31. The molecule has 104 valence electrons. The van der Waals surface area contributed by atoms with Crippen LogP contribution >= 0.6 is 27.5 Å². The lowest BCUT2D eigenvalue weighted by Gasteiger charge is -2.08. The molecule has 2 aromatic rings. The van der Waals surface area contributed by atoms with E-state index < -0.39 is 0 Å². The summed E-state index contributed by atoms with van der Waals surface area (Å²) in [5, 5.41) is 2.76. The normalized spacial score (nSPS) is 10.3. The number of halogens is 3. The Labute approximate surface area is 130 Å². The van der Waals surface area contributed by atoms with Crippen molar-refractivity contribution in [1.29, 1.82) is 0 Å². The maximum atomic E-state index is 13.1. The Balaban J connectivity index is 2.06. The van der Waals surface area contributed by atoms with Crippen LogP contribution in [-0.2, 0) is 12.4 Å². The van der Waals surface area contributed by atoms with E-state index in [1.807, 2.05) is 6.07 Å². The van der Waals surface area contributed by atoms with Crippen molar-refractivity contribution in [2.75, 3.05) is 0 Å². The van der Waals surface area contributed by atoms with Gasteiger partial charge in [-0.25, -0.2) is 4.39 Å².